The zero-order chi connectivity index (χ0) is 7.61. The fourth-order valence-corrected chi connectivity index (χ4v) is 1.11. The summed E-state index contributed by atoms with van der Waals surface area (Å²) in [5, 5.41) is 9.03. The molecular weight excluding hydrogens is 124 g/mol. The monoisotopic (exact) mass is 138 g/mol. The van der Waals surface area contributed by atoms with Crippen LogP contribution in [0.4, 0.5) is 0 Å². The number of rotatable bonds is 1. The summed E-state index contributed by atoms with van der Waals surface area (Å²) in [5.41, 5.74) is 1.19. The highest BCUT2D eigenvalue weighted by Crippen LogP contribution is 2.30. The first-order chi connectivity index (χ1) is 4.69. The minimum atomic E-state index is -0.0851. The van der Waals surface area contributed by atoms with Crippen molar-refractivity contribution in [2.45, 2.75) is 20.3 Å². The molecule has 0 heterocycles. The van der Waals surface area contributed by atoms with Crippen LogP contribution in [0.15, 0.2) is 23.8 Å². The molecule has 0 aromatic heterocycles. The van der Waals surface area contributed by atoms with E-state index < -0.39 is 0 Å². The Morgan fingerprint density at radius 1 is 1.70 bits per heavy atom. The van der Waals surface area contributed by atoms with Gasteiger partial charge in [0, 0.05) is 5.41 Å². The third-order valence-electron chi connectivity index (χ3n) is 2.28. The Morgan fingerprint density at radius 3 is 2.80 bits per heavy atom. The molecule has 0 aliphatic heterocycles. The van der Waals surface area contributed by atoms with Crippen LogP contribution in [-0.2, 0) is 0 Å². The topological polar surface area (TPSA) is 20.2 Å². The normalized spacial score (nSPS) is 32.1. The average molecular weight is 138 g/mol. The molecule has 1 rings (SSSR count). The molecule has 0 radical (unpaired) electrons. The summed E-state index contributed by atoms with van der Waals surface area (Å²) >= 11 is 0. The first kappa shape index (κ1) is 7.55. The van der Waals surface area contributed by atoms with Crippen molar-refractivity contribution in [2.75, 3.05) is 6.61 Å². The lowest BCUT2D eigenvalue weighted by atomic mass is 9.80. The van der Waals surface area contributed by atoms with Crippen LogP contribution in [-0.4, -0.2) is 11.7 Å². The van der Waals surface area contributed by atoms with Gasteiger partial charge in [0.2, 0.25) is 0 Å². The van der Waals surface area contributed by atoms with Crippen LogP contribution in [0.3, 0.4) is 0 Å². The average Bonchev–Trinajstić information content (AvgIpc) is 1.96. The molecule has 1 nitrogen and oxygen atoms in total. The van der Waals surface area contributed by atoms with Crippen molar-refractivity contribution >= 4 is 0 Å². The second-order valence-corrected chi connectivity index (χ2v) is 3.10. The second-order valence-electron chi connectivity index (χ2n) is 3.10. The van der Waals surface area contributed by atoms with Gasteiger partial charge < -0.3 is 5.11 Å². The number of allylic oxidation sites excluding steroid dienone is 2. The van der Waals surface area contributed by atoms with Gasteiger partial charge in [0.1, 0.15) is 0 Å². The highest BCUT2D eigenvalue weighted by molar-refractivity contribution is 5.24. The van der Waals surface area contributed by atoms with Crippen molar-refractivity contribution in [3.63, 3.8) is 0 Å². The van der Waals surface area contributed by atoms with Crippen LogP contribution in [0.5, 0.6) is 0 Å². The third-order valence-corrected chi connectivity index (χ3v) is 2.28. The summed E-state index contributed by atoms with van der Waals surface area (Å²) in [7, 11) is 0. The Labute approximate surface area is 62.1 Å². The van der Waals surface area contributed by atoms with Crippen LogP contribution in [0.1, 0.15) is 20.3 Å². The second kappa shape index (κ2) is 2.59. The third kappa shape index (κ3) is 1.14. The van der Waals surface area contributed by atoms with Gasteiger partial charge in [-0.25, -0.2) is 0 Å². The van der Waals surface area contributed by atoms with E-state index in [0.29, 0.717) is 0 Å². The smallest absolute Gasteiger partial charge is 0.0556 e. The highest BCUT2D eigenvalue weighted by Gasteiger charge is 2.22. The Kier molecular flexibility index (Phi) is 1.95. The summed E-state index contributed by atoms with van der Waals surface area (Å²) in [6.07, 6.45) is 7.36. The van der Waals surface area contributed by atoms with E-state index in [2.05, 4.69) is 32.1 Å². The van der Waals surface area contributed by atoms with Gasteiger partial charge >= 0.3 is 0 Å². The van der Waals surface area contributed by atoms with Crippen molar-refractivity contribution < 1.29 is 5.11 Å². The molecule has 10 heavy (non-hydrogen) atoms. The van der Waals surface area contributed by atoms with Gasteiger partial charge in [0.15, 0.2) is 0 Å². The number of aliphatic hydroxyl groups excluding tert-OH is 1. The van der Waals surface area contributed by atoms with E-state index >= 15 is 0 Å². The predicted octanol–water partition coefficient (Wildman–Crippen LogP) is 1.89. The maximum atomic E-state index is 9.03. The molecule has 1 aliphatic rings. The van der Waals surface area contributed by atoms with Gasteiger partial charge in [0.25, 0.3) is 0 Å². The summed E-state index contributed by atoms with van der Waals surface area (Å²) in [6.45, 7) is 4.33. The Bertz CT molecular complexity index is 179. The van der Waals surface area contributed by atoms with Gasteiger partial charge in [-0.2, -0.15) is 0 Å². The van der Waals surface area contributed by atoms with Crippen LogP contribution in [0.2, 0.25) is 0 Å². The molecule has 1 atom stereocenters. The van der Waals surface area contributed by atoms with E-state index in [1.807, 2.05) is 0 Å². The molecule has 0 amide bonds. The zero-order valence-electron chi connectivity index (χ0n) is 6.59. The molecule has 1 heteroatoms. The summed E-state index contributed by atoms with van der Waals surface area (Å²) in [4.78, 5) is 0. The Morgan fingerprint density at radius 2 is 2.40 bits per heavy atom. The molecule has 0 fully saturated rings. The van der Waals surface area contributed by atoms with Gasteiger partial charge in [-0.3, -0.25) is 0 Å². The number of hydrogen-bond donors (Lipinski definition) is 1. The number of aliphatic hydroxyl groups is 1. The fraction of sp³-hybridized carbons (Fsp3) is 0.556. The van der Waals surface area contributed by atoms with Crippen molar-refractivity contribution in [3.05, 3.63) is 23.8 Å². The maximum absolute atomic E-state index is 9.03. The zero-order valence-corrected chi connectivity index (χ0v) is 6.59. The van der Waals surface area contributed by atoms with Crippen LogP contribution >= 0.6 is 0 Å². The SMILES string of the molecule is CC1=CCC=C[C@]1(C)CO. The molecular formula is C9H14O. The van der Waals surface area contributed by atoms with Gasteiger partial charge in [-0.05, 0) is 13.3 Å². The molecule has 0 unspecified atom stereocenters. The van der Waals surface area contributed by atoms with Crippen molar-refractivity contribution in [2.24, 2.45) is 5.41 Å². The molecule has 0 saturated heterocycles. The van der Waals surface area contributed by atoms with E-state index in [4.69, 9.17) is 5.11 Å². The lowest BCUT2D eigenvalue weighted by Gasteiger charge is -2.26. The first-order valence-corrected chi connectivity index (χ1v) is 3.65. The van der Waals surface area contributed by atoms with Gasteiger partial charge in [0.05, 0.1) is 6.61 Å². The quantitative estimate of drug-likeness (QED) is 0.548. The van der Waals surface area contributed by atoms with Crippen molar-refractivity contribution in [1.29, 1.82) is 0 Å². The van der Waals surface area contributed by atoms with E-state index in [9.17, 15) is 0 Å². The van der Waals surface area contributed by atoms with Crippen LogP contribution in [0, 0.1) is 5.41 Å². The van der Waals surface area contributed by atoms with Crippen molar-refractivity contribution in [1.82, 2.24) is 0 Å². The first-order valence-electron chi connectivity index (χ1n) is 3.65. The lowest BCUT2D eigenvalue weighted by Crippen LogP contribution is -2.21. The van der Waals surface area contributed by atoms with Gasteiger partial charge in [-0.1, -0.05) is 30.7 Å². The van der Waals surface area contributed by atoms with Crippen LogP contribution in [0.25, 0.3) is 0 Å². The summed E-state index contributed by atoms with van der Waals surface area (Å²) in [5.74, 6) is 0. The largest absolute Gasteiger partial charge is 0.395 e. The van der Waals surface area contributed by atoms with Gasteiger partial charge in [-0.15, -0.1) is 0 Å². The standard InChI is InChI=1S/C9H14O/c1-8-5-3-4-6-9(8,2)7-10/h4-6,10H,3,7H2,1-2H3/t9-/m1/s1. The highest BCUT2D eigenvalue weighted by atomic mass is 16.3. The molecule has 1 N–H and O–H groups in total. The van der Waals surface area contributed by atoms with Crippen LogP contribution < -0.4 is 0 Å². The molecule has 1 aliphatic carbocycles. The van der Waals surface area contributed by atoms with E-state index in [1.54, 1.807) is 0 Å². The molecule has 0 aromatic rings. The molecule has 0 aromatic carbocycles. The number of hydrogen-bond acceptors (Lipinski definition) is 1. The maximum Gasteiger partial charge on any atom is 0.0556 e. The fourth-order valence-electron chi connectivity index (χ4n) is 1.11. The van der Waals surface area contributed by atoms with E-state index in [-0.39, 0.29) is 12.0 Å². The minimum Gasteiger partial charge on any atom is -0.395 e. The summed E-state index contributed by atoms with van der Waals surface area (Å²) in [6, 6.07) is 0. The van der Waals surface area contributed by atoms with E-state index in [0.717, 1.165) is 6.42 Å². The molecule has 56 valence electrons. The van der Waals surface area contributed by atoms with Crippen molar-refractivity contribution in [3.8, 4) is 0 Å². The minimum absolute atomic E-state index is 0.0851. The Balaban J connectivity index is 2.83. The molecule has 0 saturated carbocycles. The summed E-state index contributed by atoms with van der Waals surface area (Å²) < 4.78 is 0. The van der Waals surface area contributed by atoms with E-state index in [1.165, 1.54) is 5.57 Å². The Hall–Kier alpha value is -0.560. The molecule has 0 spiro atoms. The predicted molar refractivity (Wildman–Crippen MR) is 42.7 cm³/mol. The lowest BCUT2D eigenvalue weighted by molar-refractivity contribution is 0.210. The molecule has 0 bridgehead atoms.